The number of pyridine rings is 1. The topological polar surface area (TPSA) is 114 Å². The number of para-hydroxylation sites is 1. The number of aromatic nitrogens is 5. The Morgan fingerprint density at radius 2 is 1.83 bits per heavy atom. The molecule has 0 bridgehead atoms. The molecule has 1 aliphatic heterocycles. The molecule has 10 heteroatoms. The van der Waals surface area contributed by atoms with Gasteiger partial charge in [0.05, 0.1) is 28.1 Å². The highest BCUT2D eigenvalue weighted by Crippen LogP contribution is 2.32. The van der Waals surface area contributed by atoms with Crippen molar-refractivity contribution in [3.8, 4) is 17.0 Å². The maximum absolute atomic E-state index is 11.7. The van der Waals surface area contributed by atoms with Crippen LogP contribution in [0, 0.1) is 0 Å². The van der Waals surface area contributed by atoms with Crippen molar-refractivity contribution in [3.63, 3.8) is 0 Å². The summed E-state index contributed by atoms with van der Waals surface area (Å²) in [6.07, 6.45) is 4.92. The van der Waals surface area contributed by atoms with Gasteiger partial charge in [-0.25, -0.2) is 13.4 Å². The maximum Gasteiger partial charge on any atom is 0.153 e. The first-order chi connectivity index (χ1) is 17.5. The zero-order valence-electron chi connectivity index (χ0n) is 19.6. The van der Waals surface area contributed by atoms with Crippen LogP contribution in [0.5, 0.6) is 5.75 Å². The van der Waals surface area contributed by atoms with Crippen LogP contribution in [0.1, 0.15) is 18.6 Å². The molecule has 2 aromatic carbocycles. The second kappa shape index (κ2) is 8.87. The second-order valence-electron chi connectivity index (χ2n) is 8.85. The lowest BCUT2D eigenvalue weighted by Gasteiger charge is -2.27. The van der Waals surface area contributed by atoms with Crippen LogP contribution in [0.2, 0.25) is 0 Å². The van der Waals surface area contributed by atoms with E-state index in [4.69, 9.17) is 4.74 Å². The molecule has 0 saturated carbocycles. The SMILES string of the molecule is CC(Oc1ccc2[nH]nc(-c3ccc(N4CCS(=O)(=O)CC4)nc3)c2c1)c1cccc2nccnc12. The highest BCUT2D eigenvalue weighted by atomic mass is 32.2. The molecule has 1 N–H and O–H groups in total. The van der Waals surface area contributed by atoms with Crippen molar-refractivity contribution in [2.75, 3.05) is 29.5 Å². The molecule has 4 heterocycles. The Kier molecular flexibility index (Phi) is 5.52. The largest absolute Gasteiger partial charge is 0.486 e. The highest BCUT2D eigenvalue weighted by molar-refractivity contribution is 7.91. The van der Waals surface area contributed by atoms with Crippen molar-refractivity contribution in [1.82, 2.24) is 25.1 Å². The zero-order chi connectivity index (χ0) is 24.7. The van der Waals surface area contributed by atoms with Crippen molar-refractivity contribution in [2.45, 2.75) is 13.0 Å². The number of rotatable bonds is 5. The van der Waals surface area contributed by atoms with Crippen molar-refractivity contribution in [1.29, 1.82) is 0 Å². The van der Waals surface area contributed by atoms with Crippen LogP contribution in [-0.2, 0) is 9.84 Å². The smallest absolute Gasteiger partial charge is 0.153 e. The molecule has 1 fully saturated rings. The van der Waals surface area contributed by atoms with E-state index in [0.717, 1.165) is 50.3 Å². The van der Waals surface area contributed by atoms with E-state index in [9.17, 15) is 8.42 Å². The summed E-state index contributed by atoms with van der Waals surface area (Å²) in [7, 11) is -2.94. The molecule has 0 amide bonds. The fourth-order valence-electron chi connectivity index (χ4n) is 4.55. The molecular formula is C26H24N6O3S. The van der Waals surface area contributed by atoms with Crippen LogP contribution in [0.3, 0.4) is 0 Å². The molecule has 182 valence electrons. The van der Waals surface area contributed by atoms with Crippen molar-refractivity contribution < 1.29 is 13.2 Å². The third kappa shape index (κ3) is 4.24. The number of hydrogen-bond donors (Lipinski definition) is 1. The van der Waals surface area contributed by atoms with E-state index >= 15 is 0 Å². The molecule has 0 radical (unpaired) electrons. The summed E-state index contributed by atoms with van der Waals surface area (Å²) in [5.74, 6) is 1.81. The first kappa shape index (κ1) is 22.4. The Balaban J connectivity index is 1.26. The Bertz CT molecular complexity index is 1650. The van der Waals surface area contributed by atoms with E-state index in [1.165, 1.54) is 0 Å². The summed E-state index contributed by atoms with van der Waals surface area (Å²) in [6.45, 7) is 2.92. The number of aromatic amines is 1. The van der Waals surface area contributed by atoms with E-state index in [-0.39, 0.29) is 17.6 Å². The summed E-state index contributed by atoms with van der Waals surface area (Å²) in [4.78, 5) is 15.5. The Morgan fingerprint density at radius 1 is 1.00 bits per heavy atom. The van der Waals surface area contributed by atoms with E-state index in [2.05, 4.69) is 25.1 Å². The van der Waals surface area contributed by atoms with Crippen molar-refractivity contribution >= 4 is 37.6 Å². The minimum atomic E-state index is -2.94. The first-order valence-corrected chi connectivity index (χ1v) is 13.6. The molecule has 1 saturated heterocycles. The van der Waals surface area contributed by atoms with E-state index < -0.39 is 9.84 Å². The van der Waals surface area contributed by atoms with Crippen LogP contribution in [-0.4, -0.2) is 58.2 Å². The number of sulfone groups is 1. The minimum absolute atomic E-state index is 0.160. The molecule has 36 heavy (non-hydrogen) atoms. The van der Waals surface area contributed by atoms with Crippen LogP contribution in [0.15, 0.2) is 67.1 Å². The molecule has 0 aliphatic carbocycles. The summed E-state index contributed by atoms with van der Waals surface area (Å²) < 4.78 is 29.7. The molecule has 1 unspecified atom stereocenters. The van der Waals surface area contributed by atoms with Gasteiger partial charge in [-0.1, -0.05) is 12.1 Å². The monoisotopic (exact) mass is 500 g/mol. The predicted molar refractivity (Wildman–Crippen MR) is 139 cm³/mol. The van der Waals surface area contributed by atoms with Gasteiger partial charge in [0.25, 0.3) is 0 Å². The van der Waals surface area contributed by atoms with E-state index in [1.807, 2.05) is 60.4 Å². The molecule has 5 aromatic rings. The molecule has 9 nitrogen and oxygen atoms in total. The molecule has 1 aliphatic rings. The van der Waals surface area contributed by atoms with Gasteiger partial charge in [0.1, 0.15) is 23.4 Å². The Hall–Kier alpha value is -4.05. The number of nitrogens with one attached hydrogen (secondary N) is 1. The van der Waals surface area contributed by atoms with Gasteiger partial charge in [-0.15, -0.1) is 0 Å². The van der Waals surface area contributed by atoms with Crippen molar-refractivity contribution in [3.05, 3.63) is 72.7 Å². The Labute approximate surface area is 208 Å². The third-order valence-electron chi connectivity index (χ3n) is 6.50. The van der Waals surface area contributed by atoms with Crippen LogP contribution >= 0.6 is 0 Å². The summed E-state index contributed by atoms with van der Waals surface area (Å²) >= 11 is 0. The number of fused-ring (bicyclic) bond motifs is 2. The predicted octanol–water partition coefficient (Wildman–Crippen LogP) is 3.94. The molecular weight excluding hydrogens is 476 g/mol. The quantitative estimate of drug-likeness (QED) is 0.386. The van der Waals surface area contributed by atoms with Gasteiger partial charge in [0.15, 0.2) is 9.84 Å². The molecule has 1 atom stereocenters. The lowest BCUT2D eigenvalue weighted by molar-refractivity contribution is 0.228. The summed E-state index contributed by atoms with van der Waals surface area (Å²) in [6, 6.07) is 15.6. The van der Waals surface area contributed by atoms with Crippen LogP contribution < -0.4 is 9.64 Å². The zero-order valence-corrected chi connectivity index (χ0v) is 20.4. The third-order valence-corrected chi connectivity index (χ3v) is 8.11. The fraction of sp³-hybridized carbons (Fsp3) is 0.231. The van der Waals surface area contributed by atoms with Crippen LogP contribution in [0.4, 0.5) is 5.82 Å². The van der Waals surface area contributed by atoms with Gasteiger partial charge in [0.2, 0.25) is 0 Å². The van der Waals surface area contributed by atoms with E-state index in [0.29, 0.717) is 13.1 Å². The lowest BCUT2D eigenvalue weighted by atomic mass is 10.1. The Morgan fingerprint density at radius 3 is 2.64 bits per heavy atom. The molecule has 0 spiro atoms. The standard InChI is InChI=1S/C26H24N6O3S/c1-17(20-3-2-4-23-26(20)28-10-9-27-23)35-19-6-7-22-21(15-19)25(31-30-22)18-5-8-24(29-16-18)32-11-13-36(33,34)14-12-32/h2-10,15-17H,11-14H2,1H3,(H,30,31). The van der Waals surface area contributed by atoms with Crippen molar-refractivity contribution in [2.24, 2.45) is 0 Å². The molecule has 6 rings (SSSR count). The maximum atomic E-state index is 11.7. The first-order valence-electron chi connectivity index (χ1n) is 11.7. The number of H-pyrrole nitrogens is 1. The van der Waals surface area contributed by atoms with Gasteiger partial charge in [-0.2, -0.15) is 5.10 Å². The van der Waals surface area contributed by atoms with Gasteiger partial charge >= 0.3 is 0 Å². The average Bonchev–Trinajstić information content (AvgIpc) is 3.32. The number of hydrogen-bond acceptors (Lipinski definition) is 8. The summed E-state index contributed by atoms with van der Waals surface area (Å²) in [5.41, 5.74) is 5.17. The number of ether oxygens (including phenoxy) is 1. The minimum Gasteiger partial charge on any atom is -0.486 e. The normalized spacial score (nSPS) is 16.3. The second-order valence-corrected chi connectivity index (χ2v) is 11.2. The number of nitrogens with zero attached hydrogens (tertiary/aromatic N) is 5. The fourth-order valence-corrected chi connectivity index (χ4v) is 5.75. The van der Waals surface area contributed by atoms with E-state index in [1.54, 1.807) is 18.6 Å². The molecule has 3 aromatic heterocycles. The van der Waals surface area contributed by atoms with Crippen LogP contribution in [0.25, 0.3) is 33.2 Å². The summed E-state index contributed by atoms with van der Waals surface area (Å²) in [5, 5.41) is 8.52. The van der Waals surface area contributed by atoms with Gasteiger partial charge in [-0.3, -0.25) is 15.1 Å². The highest BCUT2D eigenvalue weighted by Gasteiger charge is 2.22. The van der Waals surface area contributed by atoms with Gasteiger partial charge in [-0.05, 0) is 43.3 Å². The number of benzene rings is 2. The lowest BCUT2D eigenvalue weighted by Crippen LogP contribution is -2.40. The number of anilines is 1. The average molecular weight is 501 g/mol. The van der Waals surface area contributed by atoms with Gasteiger partial charge < -0.3 is 9.64 Å². The van der Waals surface area contributed by atoms with Gasteiger partial charge in [0, 0.05) is 48.2 Å².